The smallest absolute Gasteiger partial charge is 0.275 e. The van der Waals surface area contributed by atoms with E-state index in [4.69, 9.17) is 17.2 Å². The van der Waals surface area contributed by atoms with Crippen molar-refractivity contribution in [3.8, 4) is 11.4 Å². The quantitative estimate of drug-likeness (QED) is 0.0788. The highest BCUT2D eigenvalue weighted by atomic mass is 32.2. The van der Waals surface area contributed by atoms with Gasteiger partial charge in [0.25, 0.3) is 11.2 Å². The van der Waals surface area contributed by atoms with E-state index in [1.165, 1.54) is 35.2 Å². The Kier molecular flexibility index (Phi) is 6.57. The number of nitrogens with zero attached hydrogens (tertiary/aromatic N) is 4. The zero-order chi connectivity index (χ0) is 25.4. The lowest BCUT2D eigenvalue weighted by Gasteiger charge is -2.13. The molecule has 0 saturated heterocycles. The largest absolute Gasteiger partial charge is 0.278 e. The lowest BCUT2D eigenvalue weighted by molar-refractivity contribution is -0.384. The Morgan fingerprint density at radius 3 is 2.47 bits per heavy atom. The van der Waals surface area contributed by atoms with Crippen LogP contribution in [0.25, 0.3) is 21.7 Å². The van der Waals surface area contributed by atoms with E-state index in [2.05, 4.69) is 0 Å². The van der Waals surface area contributed by atoms with Crippen LogP contribution in [0.15, 0.2) is 82.7 Å². The average molecular weight is 533 g/mol. The van der Waals surface area contributed by atoms with E-state index in [1.54, 1.807) is 10.6 Å². The van der Waals surface area contributed by atoms with Gasteiger partial charge in [-0.2, -0.15) is 0 Å². The standard InChI is InChI=1S/C26H20N4O3S3/c1-16-11-12-20(13-17(16)2)28-23-22(36-26(28)34)24(31)29(19-8-4-3-5-9-19)25(27-23)35-15-18-7-6-10-21(14-18)30(32)33/h3-14H,15H2,1-2H3. The predicted molar refractivity (Wildman–Crippen MR) is 148 cm³/mol. The van der Waals surface area contributed by atoms with Crippen LogP contribution >= 0.6 is 35.3 Å². The maximum atomic E-state index is 13.8. The average Bonchev–Trinajstić information content (AvgIpc) is 3.21. The number of non-ortho nitro benzene ring substituents is 1. The Hall–Kier alpha value is -3.60. The molecule has 7 nitrogen and oxygen atoms in total. The molecule has 5 aromatic rings. The molecule has 0 unspecified atom stereocenters. The van der Waals surface area contributed by atoms with Gasteiger partial charge >= 0.3 is 0 Å². The first-order valence-corrected chi connectivity index (χ1v) is 13.2. The molecule has 2 aromatic heterocycles. The van der Waals surface area contributed by atoms with E-state index in [0.717, 1.165) is 22.4 Å². The molecule has 36 heavy (non-hydrogen) atoms. The Morgan fingerprint density at radius 1 is 0.972 bits per heavy atom. The minimum absolute atomic E-state index is 0.0260. The number of nitro benzene ring substituents is 1. The number of nitro groups is 1. The van der Waals surface area contributed by atoms with Gasteiger partial charge in [-0.15, -0.1) is 0 Å². The molecular formula is C26H20N4O3S3. The van der Waals surface area contributed by atoms with Crippen LogP contribution in [0.1, 0.15) is 16.7 Å². The number of benzene rings is 3. The minimum atomic E-state index is -0.415. The Balaban J connectivity index is 1.69. The topological polar surface area (TPSA) is 83.0 Å². The van der Waals surface area contributed by atoms with Gasteiger partial charge in [0, 0.05) is 23.6 Å². The zero-order valence-corrected chi connectivity index (χ0v) is 21.8. The second kappa shape index (κ2) is 9.81. The van der Waals surface area contributed by atoms with Crippen molar-refractivity contribution in [3.05, 3.63) is 114 Å². The molecule has 0 atom stereocenters. The van der Waals surface area contributed by atoms with Crippen molar-refractivity contribution in [2.24, 2.45) is 0 Å². The summed E-state index contributed by atoms with van der Waals surface area (Å²) < 4.78 is 4.44. The van der Waals surface area contributed by atoms with Gasteiger partial charge in [0.1, 0.15) is 4.70 Å². The fourth-order valence-electron chi connectivity index (χ4n) is 3.84. The first kappa shape index (κ1) is 24.1. The Bertz CT molecular complexity index is 1740. The van der Waals surface area contributed by atoms with Gasteiger partial charge in [0.15, 0.2) is 14.8 Å². The van der Waals surface area contributed by atoms with Gasteiger partial charge in [0.05, 0.1) is 10.6 Å². The Morgan fingerprint density at radius 2 is 1.75 bits per heavy atom. The summed E-state index contributed by atoms with van der Waals surface area (Å²) in [6, 6.07) is 21.8. The van der Waals surface area contributed by atoms with Crippen molar-refractivity contribution < 1.29 is 4.92 Å². The van der Waals surface area contributed by atoms with Crippen LogP contribution in [0.2, 0.25) is 0 Å². The number of thioether (sulfide) groups is 1. The first-order chi connectivity index (χ1) is 17.3. The van der Waals surface area contributed by atoms with E-state index in [-0.39, 0.29) is 11.2 Å². The van der Waals surface area contributed by atoms with Crippen LogP contribution in [0.5, 0.6) is 0 Å². The Labute approximate surface area is 219 Å². The van der Waals surface area contributed by atoms with Crippen LogP contribution in [0.4, 0.5) is 5.69 Å². The van der Waals surface area contributed by atoms with Crippen LogP contribution < -0.4 is 5.56 Å². The summed E-state index contributed by atoms with van der Waals surface area (Å²) in [5, 5.41) is 11.7. The molecule has 0 fully saturated rings. The van der Waals surface area contributed by atoms with Gasteiger partial charge in [-0.05, 0) is 67.0 Å². The summed E-state index contributed by atoms with van der Waals surface area (Å²) in [5.41, 5.74) is 4.92. The van der Waals surface area contributed by atoms with Crippen molar-refractivity contribution in [1.29, 1.82) is 0 Å². The number of fused-ring (bicyclic) bond motifs is 1. The summed E-state index contributed by atoms with van der Waals surface area (Å²) in [6.45, 7) is 4.08. The number of para-hydroxylation sites is 1. The normalized spacial score (nSPS) is 11.2. The van der Waals surface area contributed by atoms with Gasteiger partial charge in [-0.25, -0.2) is 4.98 Å². The summed E-state index contributed by atoms with van der Waals surface area (Å²) in [7, 11) is 0. The molecule has 10 heteroatoms. The fraction of sp³-hybridized carbons (Fsp3) is 0.115. The van der Waals surface area contributed by atoms with Crippen molar-refractivity contribution in [3.63, 3.8) is 0 Å². The second-order valence-electron chi connectivity index (χ2n) is 8.21. The molecule has 0 saturated carbocycles. The zero-order valence-electron chi connectivity index (χ0n) is 19.4. The molecule has 2 heterocycles. The number of hydrogen-bond donors (Lipinski definition) is 0. The summed E-state index contributed by atoms with van der Waals surface area (Å²) in [5.74, 6) is 0.404. The molecule has 0 spiro atoms. The number of aryl methyl sites for hydroxylation is 2. The van der Waals surface area contributed by atoms with Crippen molar-refractivity contribution in [2.45, 2.75) is 24.8 Å². The maximum Gasteiger partial charge on any atom is 0.278 e. The third-order valence-electron chi connectivity index (χ3n) is 5.83. The lowest BCUT2D eigenvalue weighted by atomic mass is 10.1. The van der Waals surface area contributed by atoms with Gasteiger partial charge in [-0.3, -0.25) is 24.0 Å². The SMILES string of the molecule is Cc1ccc(-n2c(=S)sc3c(=O)n(-c4ccccc4)c(SCc4cccc([N+](=O)[O-])c4)nc32)cc1C. The van der Waals surface area contributed by atoms with Gasteiger partial charge < -0.3 is 0 Å². The van der Waals surface area contributed by atoms with E-state index in [0.29, 0.717) is 30.9 Å². The van der Waals surface area contributed by atoms with Crippen molar-refractivity contribution in [1.82, 2.24) is 14.1 Å². The van der Waals surface area contributed by atoms with Gasteiger partial charge in [-0.1, -0.05) is 59.5 Å². The van der Waals surface area contributed by atoms with Crippen LogP contribution in [0, 0.1) is 27.9 Å². The van der Waals surface area contributed by atoms with Crippen LogP contribution in [-0.4, -0.2) is 19.0 Å². The molecule has 180 valence electrons. The highest BCUT2D eigenvalue weighted by molar-refractivity contribution is 7.98. The molecule has 0 N–H and O–H groups in total. The maximum absolute atomic E-state index is 13.8. The fourth-order valence-corrected chi connectivity index (χ4v) is 6.09. The summed E-state index contributed by atoms with van der Waals surface area (Å²) in [4.78, 5) is 29.5. The van der Waals surface area contributed by atoms with Crippen LogP contribution in [0.3, 0.4) is 0 Å². The molecule has 0 amide bonds. The molecule has 3 aromatic carbocycles. The highest BCUT2D eigenvalue weighted by Crippen LogP contribution is 2.30. The molecule has 0 bridgehead atoms. The summed E-state index contributed by atoms with van der Waals surface area (Å²) in [6.07, 6.45) is 0. The molecule has 0 aliphatic carbocycles. The molecular weight excluding hydrogens is 513 g/mol. The predicted octanol–water partition coefficient (Wildman–Crippen LogP) is 6.78. The van der Waals surface area contributed by atoms with E-state index < -0.39 is 4.92 Å². The molecule has 0 aliphatic rings. The van der Waals surface area contributed by atoms with E-state index in [1.807, 2.05) is 73.0 Å². The number of aromatic nitrogens is 3. The van der Waals surface area contributed by atoms with Crippen LogP contribution in [-0.2, 0) is 5.75 Å². The van der Waals surface area contributed by atoms with Crippen molar-refractivity contribution >= 4 is 51.4 Å². The highest BCUT2D eigenvalue weighted by Gasteiger charge is 2.19. The molecule has 5 rings (SSSR count). The summed E-state index contributed by atoms with van der Waals surface area (Å²) >= 11 is 8.27. The third kappa shape index (κ3) is 4.50. The lowest BCUT2D eigenvalue weighted by Crippen LogP contribution is -2.21. The number of hydrogen-bond acceptors (Lipinski definition) is 7. The molecule has 0 radical (unpaired) electrons. The van der Waals surface area contributed by atoms with E-state index >= 15 is 0 Å². The first-order valence-electron chi connectivity index (χ1n) is 11.0. The van der Waals surface area contributed by atoms with Gasteiger partial charge in [0.2, 0.25) is 0 Å². The minimum Gasteiger partial charge on any atom is -0.275 e. The third-order valence-corrected chi connectivity index (χ3v) is 8.19. The van der Waals surface area contributed by atoms with Crippen molar-refractivity contribution in [2.75, 3.05) is 0 Å². The molecule has 0 aliphatic heterocycles. The second-order valence-corrected chi connectivity index (χ2v) is 10.8. The van der Waals surface area contributed by atoms with E-state index in [9.17, 15) is 14.9 Å². The number of thiazole rings is 1. The monoisotopic (exact) mass is 532 g/mol. The number of rotatable bonds is 6.